The number of benzene rings is 1. The van der Waals surface area contributed by atoms with Crippen LogP contribution in [0.4, 0.5) is 0 Å². The molecule has 0 spiro atoms. The smallest absolute Gasteiger partial charge is 0.265 e. The van der Waals surface area contributed by atoms with E-state index in [0.29, 0.717) is 0 Å². The molecule has 5 heteroatoms. The first-order valence-electron chi connectivity index (χ1n) is 15.6. The molecule has 0 N–H and O–H groups in total. The van der Waals surface area contributed by atoms with Crippen molar-refractivity contribution >= 4 is 27.2 Å². The van der Waals surface area contributed by atoms with Crippen LogP contribution in [-0.4, -0.2) is 31.5 Å². The van der Waals surface area contributed by atoms with Gasteiger partial charge in [-0.15, -0.1) is 0 Å². The van der Waals surface area contributed by atoms with Crippen LogP contribution in [-0.2, 0) is 9.16 Å². The second-order valence-electron chi connectivity index (χ2n) is 13.1. The molecular weight excluding hydrogens is 523 g/mol. The number of allylic oxidation sites excluding steroid dienone is 1. The third-order valence-corrected chi connectivity index (χ3v) is 16.9. The van der Waals surface area contributed by atoms with Crippen LogP contribution in [0.2, 0.25) is 24.7 Å². The molecule has 1 aromatic rings. The minimum atomic E-state index is -1.86. The predicted octanol–water partition coefficient (Wildman–Crippen LogP) is 11.3. The second kappa shape index (κ2) is 14.2. The molecule has 1 atom stereocenters. The number of ether oxygens (including phenoxy) is 1. The lowest BCUT2D eigenvalue weighted by atomic mass is 9.99. The lowest BCUT2D eigenvalue weighted by Crippen LogP contribution is -2.37. The molecule has 0 aliphatic heterocycles. The highest BCUT2D eigenvalue weighted by Gasteiger charge is 2.56. The van der Waals surface area contributed by atoms with E-state index in [9.17, 15) is 0 Å². The van der Waals surface area contributed by atoms with E-state index in [0.717, 1.165) is 33.5 Å². The predicted molar refractivity (Wildman–Crippen MR) is 170 cm³/mol. The average molecular weight is 576 g/mol. The van der Waals surface area contributed by atoms with E-state index in [1.54, 1.807) is 0 Å². The fourth-order valence-corrected chi connectivity index (χ4v) is 15.7. The van der Waals surface area contributed by atoms with E-state index in [1.165, 1.54) is 102 Å². The van der Waals surface area contributed by atoms with Crippen LogP contribution in [0.25, 0.3) is 0 Å². The van der Waals surface area contributed by atoms with Crippen molar-refractivity contribution in [1.82, 2.24) is 0 Å². The molecule has 0 amide bonds. The van der Waals surface area contributed by atoms with Crippen LogP contribution in [0.3, 0.4) is 0 Å². The number of hydrogen-bond donors (Lipinski definition) is 0. The summed E-state index contributed by atoms with van der Waals surface area (Å²) in [7, 11) is -3.10. The Balaban J connectivity index is 1.70. The first kappa shape index (κ1) is 30.2. The molecule has 212 valence electrons. The van der Waals surface area contributed by atoms with Gasteiger partial charge >= 0.3 is 0 Å². The molecular formula is C33H53ClO2PSi+. The highest BCUT2D eigenvalue weighted by molar-refractivity contribution is 7.78. The summed E-state index contributed by atoms with van der Waals surface area (Å²) in [6, 6.07) is 7.96. The number of halogens is 1. The molecule has 3 aliphatic rings. The summed E-state index contributed by atoms with van der Waals surface area (Å²) < 4.78 is 13.4. The van der Waals surface area contributed by atoms with Crippen molar-refractivity contribution in [3.63, 3.8) is 0 Å². The maximum Gasteiger partial charge on any atom is 0.265 e. The zero-order valence-electron chi connectivity index (χ0n) is 24.4. The third-order valence-electron chi connectivity index (χ3n) is 9.40. The molecule has 4 rings (SSSR count). The SMILES string of the molecule is C=CC(O/C(=C/C[P+](C1CCCCC1)(C1CCCCC1)C1CCCCC1)O[Si](C)(C)C)c1ccc(Cl)cc1. The maximum atomic E-state index is 6.69. The van der Waals surface area contributed by atoms with Gasteiger partial charge in [0.25, 0.3) is 5.95 Å². The average Bonchev–Trinajstić information content (AvgIpc) is 2.93. The van der Waals surface area contributed by atoms with Crippen LogP contribution in [0.5, 0.6) is 0 Å². The Morgan fingerprint density at radius 3 is 1.68 bits per heavy atom. The summed E-state index contributed by atoms with van der Waals surface area (Å²) in [5, 5.41) is 0.743. The van der Waals surface area contributed by atoms with Crippen molar-refractivity contribution in [2.24, 2.45) is 0 Å². The van der Waals surface area contributed by atoms with Gasteiger partial charge in [-0.1, -0.05) is 49.6 Å². The Kier molecular flexibility index (Phi) is 11.3. The van der Waals surface area contributed by atoms with Gasteiger partial charge in [-0.3, -0.25) is 0 Å². The summed E-state index contributed by atoms with van der Waals surface area (Å²) in [5.41, 5.74) is 3.94. The molecule has 0 bridgehead atoms. The highest BCUT2D eigenvalue weighted by atomic mass is 35.5. The van der Waals surface area contributed by atoms with Crippen molar-refractivity contribution < 1.29 is 9.16 Å². The molecule has 38 heavy (non-hydrogen) atoms. The van der Waals surface area contributed by atoms with Crippen molar-refractivity contribution in [3.05, 3.63) is 59.5 Å². The molecule has 1 aromatic carbocycles. The fraction of sp³-hybridized carbons (Fsp3) is 0.697. The molecule has 0 aromatic heterocycles. The van der Waals surface area contributed by atoms with Crippen molar-refractivity contribution in [2.75, 3.05) is 6.16 Å². The zero-order chi connectivity index (χ0) is 27.0. The normalized spacial score (nSPS) is 22.2. The standard InChI is InChI=1S/C33H53ClO2PSi/c1-5-32(27-21-23-28(34)24-22-27)35-33(36-38(2,3)4)25-26-37(29-15-9-6-10-16-29,30-17-11-7-12-18-30)31-19-13-8-14-20-31/h5,21-25,29-32H,1,6-20,26H2,2-4H3/q+1/b33-25-. The van der Waals surface area contributed by atoms with Gasteiger partial charge in [0.05, 0.1) is 23.1 Å². The van der Waals surface area contributed by atoms with Crippen molar-refractivity contribution in [3.8, 4) is 0 Å². The van der Waals surface area contributed by atoms with Crippen LogP contribution >= 0.6 is 18.9 Å². The minimum Gasteiger partial charge on any atom is -0.520 e. The lowest BCUT2D eigenvalue weighted by molar-refractivity contribution is 0.0646. The van der Waals surface area contributed by atoms with Crippen LogP contribution in [0.1, 0.15) is 108 Å². The molecule has 0 radical (unpaired) electrons. The quantitative estimate of drug-likeness (QED) is 0.113. The Morgan fingerprint density at radius 1 is 0.842 bits per heavy atom. The Hall–Kier alpha value is -0.763. The molecule has 3 aliphatic carbocycles. The van der Waals surface area contributed by atoms with E-state index in [4.69, 9.17) is 20.8 Å². The monoisotopic (exact) mass is 575 g/mol. The van der Waals surface area contributed by atoms with Crippen LogP contribution < -0.4 is 0 Å². The van der Waals surface area contributed by atoms with Crippen LogP contribution in [0.15, 0.2) is 48.9 Å². The van der Waals surface area contributed by atoms with E-state index >= 15 is 0 Å². The second-order valence-corrected chi connectivity index (χ2v) is 22.5. The van der Waals surface area contributed by atoms with Gasteiger partial charge in [-0.2, -0.15) is 0 Å². The van der Waals surface area contributed by atoms with Gasteiger partial charge in [0.1, 0.15) is 6.10 Å². The molecule has 3 saturated carbocycles. The number of rotatable bonds is 11. The van der Waals surface area contributed by atoms with Gasteiger partial charge < -0.3 is 9.16 Å². The summed E-state index contributed by atoms with van der Waals surface area (Å²) in [6.45, 7) is 10.9. The molecule has 0 saturated heterocycles. The van der Waals surface area contributed by atoms with E-state index in [2.05, 4.69) is 32.3 Å². The van der Waals surface area contributed by atoms with Gasteiger partial charge in [0, 0.05) is 18.4 Å². The summed E-state index contributed by atoms with van der Waals surface area (Å²) >= 11 is 6.18. The van der Waals surface area contributed by atoms with Gasteiger partial charge in [0.15, 0.2) is 0 Å². The maximum absolute atomic E-state index is 6.69. The van der Waals surface area contributed by atoms with Gasteiger partial charge in [-0.05, 0) is 120 Å². The topological polar surface area (TPSA) is 18.5 Å². The van der Waals surface area contributed by atoms with Crippen molar-refractivity contribution in [2.45, 2.75) is 139 Å². The lowest BCUT2D eigenvalue weighted by Gasteiger charge is -2.48. The molecule has 2 nitrogen and oxygen atoms in total. The molecule has 3 fully saturated rings. The zero-order valence-corrected chi connectivity index (χ0v) is 27.1. The van der Waals surface area contributed by atoms with E-state index in [-0.39, 0.29) is 6.10 Å². The summed E-state index contributed by atoms with van der Waals surface area (Å²) in [6.07, 6.45) is 27.2. The van der Waals surface area contributed by atoms with Gasteiger partial charge in [-0.25, -0.2) is 0 Å². The van der Waals surface area contributed by atoms with Gasteiger partial charge in [0.2, 0.25) is 8.32 Å². The van der Waals surface area contributed by atoms with E-state index < -0.39 is 15.6 Å². The fourth-order valence-electron chi connectivity index (χ4n) is 7.71. The Morgan fingerprint density at radius 2 is 1.29 bits per heavy atom. The summed E-state index contributed by atoms with van der Waals surface area (Å²) in [5.74, 6) is 0.760. The van der Waals surface area contributed by atoms with Crippen molar-refractivity contribution in [1.29, 1.82) is 0 Å². The highest BCUT2D eigenvalue weighted by Crippen LogP contribution is 2.77. The third kappa shape index (κ3) is 7.92. The largest absolute Gasteiger partial charge is 0.520 e. The molecule has 1 unspecified atom stereocenters. The minimum absolute atomic E-state index is 0.235. The Bertz CT molecular complexity index is 845. The Labute approximate surface area is 240 Å². The first-order valence-corrected chi connectivity index (χ1v) is 21.6. The van der Waals surface area contributed by atoms with E-state index in [1.807, 2.05) is 30.3 Å². The summed E-state index contributed by atoms with van der Waals surface area (Å²) in [4.78, 5) is 0. The first-order chi connectivity index (χ1) is 18.3. The molecule has 0 heterocycles. The number of hydrogen-bond acceptors (Lipinski definition) is 2. The van der Waals surface area contributed by atoms with Crippen LogP contribution in [0, 0.1) is 0 Å².